The molecule has 21 heavy (non-hydrogen) atoms. The van der Waals surface area contributed by atoms with E-state index in [4.69, 9.17) is 5.73 Å². The van der Waals surface area contributed by atoms with Gasteiger partial charge in [-0.05, 0) is 30.4 Å². The monoisotopic (exact) mass is 311 g/mol. The summed E-state index contributed by atoms with van der Waals surface area (Å²) in [5.74, 6) is 0.425. The third kappa shape index (κ3) is 3.75. The van der Waals surface area contributed by atoms with Gasteiger partial charge in [0, 0.05) is 31.9 Å². The first kappa shape index (κ1) is 16.3. The molecule has 1 atom stereocenters. The van der Waals surface area contributed by atoms with Crippen LogP contribution in [0.4, 0.5) is 5.69 Å². The van der Waals surface area contributed by atoms with Gasteiger partial charge < -0.3 is 5.73 Å². The largest absolute Gasteiger partial charge is 0.398 e. The predicted octanol–water partition coefficient (Wildman–Crippen LogP) is 2.07. The topological polar surface area (TPSA) is 66.6 Å². The summed E-state index contributed by atoms with van der Waals surface area (Å²) in [6.07, 6.45) is 2.04. The van der Waals surface area contributed by atoms with Gasteiger partial charge in [-0.1, -0.05) is 32.0 Å². The standard InChI is InChI=1S/C15H25N3O2S/c1-3-17(12-14-8-4-5-9-15(14)16)21(19,20)18-10-6-7-13(2)11-18/h4-5,8-9,13H,3,6-7,10-12,16H2,1-2H3. The Labute approximate surface area is 127 Å². The third-order valence-electron chi connectivity index (χ3n) is 4.03. The van der Waals surface area contributed by atoms with Crippen molar-refractivity contribution in [3.8, 4) is 0 Å². The van der Waals surface area contributed by atoms with Crippen LogP contribution >= 0.6 is 0 Å². The van der Waals surface area contributed by atoms with E-state index >= 15 is 0 Å². The highest BCUT2D eigenvalue weighted by Crippen LogP contribution is 2.23. The number of hydrogen-bond acceptors (Lipinski definition) is 3. The van der Waals surface area contributed by atoms with Crippen molar-refractivity contribution in [1.29, 1.82) is 0 Å². The Morgan fingerprint density at radius 3 is 2.71 bits per heavy atom. The highest BCUT2D eigenvalue weighted by molar-refractivity contribution is 7.86. The SMILES string of the molecule is CCN(Cc1ccccc1N)S(=O)(=O)N1CCCC(C)C1. The second-order valence-electron chi connectivity index (χ2n) is 5.74. The van der Waals surface area contributed by atoms with Crippen LogP contribution in [0.5, 0.6) is 0 Å². The van der Waals surface area contributed by atoms with E-state index in [9.17, 15) is 8.42 Å². The molecule has 1 fully saturated rings. The molecule has 1 heterocycles. The molecule has 5 nitrogen and oxygen atoms in total. The number of para-hydroxylation sites is 1. The van der Waals surface area contributed by atoms with Gasteiger partial charge in [-0.15, -0.1) is 0 Å². The van der Waals surface area contributed by atoms with Crippen LogP contribution in [-0.4, -0.2) is 36.7 Å². The molecule has 6 heteroatoms. The molecule has 1 unspecified atom stereocenters. The third-order valence-corrected chi connectivity index (χ3v) is 6.05. The number of anilines is 1. The summed E-state index contributed by atoms with van der Waals surface area (Å²) in [4.78, 5) is 0. The Bertz CT molecular complexity index is 574. The predicted molar refractivity (Wildman–Crippen MR) is 85.8 cm³/mol. The molecule has 1 aliphatic rings. The summed E-state index contributed by atoms with van der Waals surface area (Å²) in [5.41, 5.74) is 7.42. The van der Waals surface area contributed by atoms with Crippen LogP contribution in [0.15, 0.2) is 24.3 Å². The first-order chi connectivity index (χ1) is 9.95. The summed E-state index contributed by atoms with van der Waals surface area (Å²) < 4.78 is 28.7. The average molecular weight is 311 g/mol. The minimum Gasteiger partial charge on any atom is -0.398 e. The minimum atomic E-state index is -3.41. The molecule has 0 amide bonds. The van der Waals surface area contributed by atoms with Crippen molar-refractivity contribution in [1.82, 2.24) is 8.61 Å². The lowest BCUT2D eigenvalue weighted by molar-refractivity contribution is 0.257. The maximum atomic E-state index is 12.8. The molecule has 0 spiro atoms. The number of nitrogens with two attached hydrogens (primary N) is 1. The van der Waals surface area contributed by atoms with Crippen molar-refractivity contribution < 1.29 is 8.42 Å². The van der Waals surface area contributed by atoms with Gasteiger partial charge in [0.05, 0.1) is 0 Å². The van der Waals surface area contributed by atoms with Crippen molar-refractivity contribution in [3.63, 3.8) is 0 Å². The van der Waals surface area contributed by atoms with Crippen molar-refractivity contribution in [2.24, 2.45) is 5.92 Å². The Hall–Kier alpha value is -1.11. The Kier molecular flexibility index (Phi) is 5.24. The molecule has 1 aliphatic heterocycles. The van der Waals surface area contributed by atoms with Crippen molar-refractivity contribution in [2.45, 2.75) is 33.2 Å². The maximum Gasteiger partial charge on any atom is 0.282 e. The Morgan fingerprint density at radius 1 is 1.38 bits per heavy atom. The summed E-state index contributed by atoms with van der Waals surface area (Å²) in [5, 5.41) is 0. The highest BCUT2D eigenvalue weighted by Gasteiger charge is 2.31. The molecule has 0 aromatic heterocycles. The average Bonchev–Trinajstić information content (AvgIpc) is 2.46. The zero-order valence-electron chi connectivity index (χ0n) is 12.8. The summed E-state index contributed by atoms with van der Waals surface area (Å²) >= 11 is 0. The van der Waals surface area contributed by atoms with Crippen LogP contribution in [0.25, 0.3) is 0 Å². The molecule has 1 saturated heterocycles. The summed E-state index contributed by atoms with van der Waals surface area (Å²) in [6, 6.07) is 7.43. The molecular formula is C15H25N3O2S. The molecule has 0 aliphatic carbocycles. The second-order valence-corrected chi connectivity index (χ2v) is 7.67. The lowest BCUT2D eigenvalue weighted by atomic mass is 10.0. The zero-order chi connectivity index (χ0) is 15.5. The number of nitrogen functional groups attached to an aromatic ring is 1. The normalized spacial score (nSPS) is 20.8. The second kappa shape index (κ2) is 6.77. The molecule has 0 radical (unpaired) electrons. The van der Waals surface area contributed by atoms with Crippen LogP contribution in [0, 0.1) is 5.92 Å². The molecule has 0 saturated carbocycles. The fourth-order valence-corrected chi connectivity index (χ4v) is 4.50. The Balaban J connectivity index is 2.17. The van der Waals surface area contributed by atoms with Gasteiger partial charge in [-0.3, -0.25) is 0 Å². The molecule has 2 N–H and O–H groups in total. The van der Waals surface area contributed by atoms with Crippen molar-refractivity contribution >= 4 is 15.9 Å². The molecular weight excluding hydrogens is 286 g/mol. The van der Waals surface area contributed by atoms with E-state index in [2.05, 4.69) is 6.92 Å². The number of rotatable bonds is 5. The van der Waals surface area contributed by atoms with E-state index in [0.717, 1.165) is 18.4 Å². The van der Waals surface area contributed by atoms with Crippen LogP contribution in [0.3, 0.4) is 0 Å². The quantitative estimate of drug-likeness (QED) is 0.847. The van der Waals surface area contributed by atoms with Crippen LogP contribution in [0.1, 0.15) is 32.3 Å². The summed E-state index contributed by atoms with van der Waals surface area (Å²) in [6.45, 7) is 5.98. The van der Waals surface area contributed by atoms with Gasteiger partial charge in [0.2, 0.25) is 0 Å². The highest BCUT2D eigenvalue weighted by atomic mass is 32.2. The summed E-state index contributed by atoms with van der Waals surface area (Å²) in [7, 11) is -3.41. The van der Waals surface area contributed by atoms with E-state index in [0.29, 0.717) is 37.8 Å². The lowest BCUT2D eigenvalue weighted by Crippen LogP contribution is -2.47. The molecule has 1 aromatic carbocycles. The fraction of sp³-hybridized carbons (Fsp3) is 0.600. The van der Waals surface area contributed by atoms with E-state index in [1.165, 1.54) is 4.31 Å². The molecule has 2 rings (SSSR count). The van der Waals surface area contributed by atoms with Crippen molar-refractivity contribution in [3.05, 3.63) is 29.8 Å². The van der Waals surface area contributed by atoms with E-state index in [1.807, 2.05) is 25.1 Å². The van der Waals surface area contributed by atoms with Gasteiger partial charge in [0.25, 0.3) is 10.2 Å². The van der Waals surface area contributed by atoms with Gasteiger partial charge in [-0.25, -0.2) is 0 Å². The lowest BCUT2D eigenvalue weighted by Gasteiger charge is -2.34. The first-order valence-corrected chi connectivity index (χ1v) is 8.93. The minimum absolute atomic E-state index is 0.330. The Morgan fingerprint density at radius 2 is 2.10 bits per heavy atom. The molecule has 0 bridgehead atoms. The van der Waals surface area contributed by atoms with E-state index < -0.39 is 10.2 Å². The number of nitrogens with zero attached hydrogens (tertiary/aromatic N) is 2. The molecule has 118 valence electrons. The number of benzene rings is 1. The fourth-order valence-electron chi connectivity index (χ4n) is 2.74. The first-order valence-electron chi connectivity index (χ1n) is 7.53. The van der Waals surface area contributed by atoms with E-state index in [1.54, 1.807) is 10.4 Å². The van der Waals surface area contributed by atoms with Gasteiger partial charge >= 0.3 is 0 Å². The van der Waals surface area contributed by atoms with Crippen LogP contribution < -0.4 is 5.73 Å². The number of hydrogen-bond donors (Lipinski definition) is 1. The van der Waals surface area contributed by atoms with Gasteiger partial charge in [-0.2, -0.15) is 17.0 Å². The van der Waals surface area contributed by atoms with Gasteiger partial charge in [0.1, 0.15) is 0 Å². The maximum absolute atomic E-state index is 12.8. The van der Waals surface area contributed by atoms with Crippen LogP contribution in [0.2, 0.25) is 0 Å². The number of piperidine rings is 1. The molecule has 1 aromatic rings. The smallest absolute Gasteiger partial charge is 0.282 e. The zero-order valence-corrected chi connectivity index (χ0v) is 13.6. The van der Waals surface area contributed by atoms with Crippen LogP contribution in [-0.2, 0) is 16.8 Å². The van der Waals surface area contributed by atoms with E-state index in [-0.39, 0.29) is 0 Å². The van der Waals surface area contributed by atoms with Crippen molar-refractivity contribution in [2.75, 3.05) is 25.4 Å². The van der Waals surface area contributed by atoms with Gasteiger partial charge in [0.15, 0.2) is 0 Å².